The molecule has 0 spiro atoms. The average Bonchev–Trinajstić information content (AvgIpc) is 2.62. The lowest BCUT2D eigenvalue weighted by Gasteiger charge is -2.03. The molecule has 126 valence electrons. The number of carbonyl (C=O) groups is 1. The Morgan fingerprint density at radius 2 is 1.88 bits per heavy atom. The Morgan fingerprint density at radius 3 is 2.76 bits per heavy atom. The Labute approximate surface area is 159 Å². The van der Waals surface area contributed by atoms with Crippen LogP contribution in [0.5, 0.6) is 0 Å². The van der Waals surface area contributed by atoms with Crippen LogP contribution in [0.1, 0.15) is 11.1 Å². The highest BCUT2D eigenvalue weighted by molar-refractivity contribution is 9.10. The molecule has 3 rings (SSSR count). The fourth-order valence-corrected chi connectivity index (χ4v) is 3.67. The van der Waals surface area contributed by atoms with Gasteiger partial charge in [-0.25, -0.2) is 5.43 Å². The van der Waals surface area contributed by atoms with Gasteiger partial charge in [0.25, 0.3) is 0 Å². The van der Waals surface area contributed by atoms with Crippen molar-refractivity contribution >= 4 is 50.6 Å². The second kappa shape index (κ2) is 8.83. The van der Waals surface area contributed by atoms with Gasteiger partial charge in [0.1, 0.15) is 0 Å². The summed E-state index contributed by atoms with van der Waals surface area (Å²) in [4.78, 5) is 11.9. The van der Waals surface area contributed by atoms with Crippen molar-refractivity contribution in [3.63, 3.8) is 0 Å². The summed E-state index contributed by atoms with van der Waals surface area (Å²) in [6.45, 7) is 0. The van der Waals surface area contributed by atoms with Gasteiger partial charge in [-0.3, -0.25) is 4.79 Å². The zero-order chi connectivity index (χ0) is 17.5. The van der Waals surface area contributed by atoms with Crippen molar-refractivity contribution in [1.29, 1.82) is 0 Å². The highest BCUT2D eigenvalue weighted by atomic mass is 79.9. The fraction of sp³-hybridized carbons (Fsp3) is 0.100. The number of fused-ring (bicyclic) bond motifs is 1. The van der Waals surface area contributed by atoms with Crippen LogP contribution in [0.4, 0.5) is 0 Å². The molecule has 0 atom stereocenters. The van der Waals surface area contributed by atoms with Gasteiger partial charge in [-0.2, -0.15) is 5.10 Å². The van der Waals surface area contributed by atoms with Crippen LogP contribution in [0.2, 0.25) is 0 Å². The van der Waals surface area contributed by atoms with E-state index >= 15 is 0 Å². The van der Waals surface area contributed by atoms with Gasteiger partial charge in [-0.15, -0.1) is 11.8 Å². The molecule has 0 saturated carbocycles. The number of rotatable bonds is 6. The summed E-state index contributed by atoms with van der Waals surface area (Å²) in [5.41, 5.74) is 4.77. The number of carbonyl (C=O) groups excluding carboxylic acids is 1. The Kier molecular flexibility index (Phi) is 6.25. The zero-order valence-corrected chi connectivity index (χ0v) is 15.9. The Hall–Kier alpha value is -2.11. The van der Waals surface area contributed by atoms with Gasteiger partial charge < -0.3 is 0 Å². The number of hydrazone groups is 1. The minimum Gasteiger partial charge on any atom is -0.272 e. The normalized spacial score (nSPS) is 11.1. The van der Waals surface area contributed by atoms with Crippen LogP contribution in [0.15, 0.2) is 76.3 Å². The van der Waals surface area contributed by atoms with E-state index in [1.807, 2.05) is 48.5 Å². The molecule has 0 fully saturated rings. The molecule has 3 nitrogen and oxygen atoms in total. The summed E-state index contributed by atoms with van der Waals surface area (Å²) >= 11 is 5.01. The second-order valence-corrected chi connectivity index (χ2v) is 7.39. The lowest BCUT2D eigenvalue weighted by atomic mass is 10.1. The van der Waals surface area contributed by atoms with E-state index in [4.69, 9.17) is 0 Å². The van der Waals surface area contributed by atoms with Crippen LogP contribution >= 0.6 is 27.7 Å². The van der Waals surface area contributed by atoms with Crippen LogP contribution in [0, 0.1) is 0 Å². The smallest absolute Gasteiger partial charge is 0.250 e. The third-order valence-corrected chi connectivity index (χ3v) is 5.10. The molecular formula is C20H17BrN2OS. The summed E-state index contributed by atoms with van der Waals surface area (Å²) in [7, 11) is 0. The van der Waals surface area contributed by atoms with E-state index in [2.05, 4.69) is 44.7 Å². The van der Waals surface area contributed by atoms with E-state index in [9.17, 15) is 4.79 Å². The molecule has 0 saturated heterocycles. The number of benzene rings is 3. The quantitative estimate of drug-likeness (QED) is 0.457. The number of thioether (sulfide) groups is 1. The summed E-state index contributed by atoms with van der Waals surface area (Å²) in [6.07, 6.45) is 1.69. The number of nitrogens with zero attached hydrogens (tertiary/aromatic N) is 1. The van der Waals surface area contributed by atoms with Crippen LogP contribution in [-0.4, -0.2) is 17.9 Å². The molecule has 0 heterocycles. The first-order valence-electron chi connectivity index (χ1n) is 7.84. The van der Waals surface area contributed by atoms with Gasteiger partial charge in [0.15, 0.2) is 0 Å². The lowest BCUT2D eigenvalue weighted by molar-refractivity contribution is -0.118. The standard InChI is InChI=1S/C20H17BrN2OS/c21-18-9-3-5-15(11-18)13-25-14-20(24)23-22-12-17-8-4-7-16-6-1-2-10-19(16)17/h1-12H,13-14H2,(H,23,24)/b22-12-. The first-order valence-corrected chi connectivity index (χ1v) is 9.79. The van der Waals surface area contributed by atoms with Gasteiger partial charge in [0.05, 0.1) is 12.0 Å². The molecule has 25 heavy (non-hydrogen) atoms. The molecule has 0 unspecified atom stereocenters. The predicted molar refractivity (Wildman–Crippen MR) is 110 cm³/mol. The monoisotopic (exact) mass is 412 g/mol. The maximum Gasteiger partial charge on any atom is 0.250 e. The van der Waals surface area contributed by atoms with E-state index in [1.54, 1.807) is 18.0 Å². The maximum atomic E-state index is 11.9. The van der Waals surface area contributed by atoms with Crippen LogP contribution in [-0.2, 0) is 10.5 Å². The molecule has 0 aliphatic heterocycles. The zero-order valence-electron chi connectivity index (χ0n) is 13.5. The molecular weight excluding hydrogens is 396 g/mol. The Balaban J connectivity index is 1.51. The lowest BCUT2D eigenvalue weighted by Crippen LogP contribution is -2.19. The van der Waals surface area contributed by atoms with Gasteiger partial charge in [-0.1, -0.05) is 70.5 Å². The molecule has 1 amide bonds. The van der Waals surface area contributed by atoms with Crippen molar-refractivity contribution in [1.82, 2.24) is 5.43 Å². The third-order valence-electron chi connectivity index (χ3n) is 3.61. The summed E-state index contributed by atoms with van der Waals surface area (Å²) in [5.74, 6) is 1.07. The number of hydrogen-bond acceptors (Lipinski definition) is 3. The van der Waals surface area contributed by atoms with Crippen molar-refractivity contribution < 1.29 is 4.79 Å². The van der Waals surface area contributed by atoms with Gasteiger partial charge >= 0.3 is 0 Å². The molecule has 0 aliphatic rings. The van der Waals surface area contributed by atoms with Crippen LogP contribution in [0.3, 0.4) is 0 Å². The largest absolute Gasteiger partial charge is 0.272 e. The first kappa shape index (κ1) is 17.7. The number of nitrogens with one attached hydrogen (secondary N) is 1. The summed E-state index contributed by atoms with van der Waals surface area (Å²) in [6, 6.07) is 22.2. The molecule has 0 radical (unpaired) electrons. The average molecular weight is 413 g/mol. The number of amides is 1. The molecule has 1 N–H and O–H groups in total. The van der Waals surface area contributed by atoms with E-state index in [1.165, 1.54) is 5.56 Å². The van der Waals surface area contributed by atoms with Gasteiger partial charge in [0, 0.05) is 15.8 Å². The topological polar surface area (TPSA) is 41.5 Å². The highest BCUT2D eigenvalue weighted by Gasteiger charge is 2.02. The molecule has 0 aromatic heterocycles. The summed E-state index contributed by atoms with van der Waals surface area (Å²) < 4.78 is 1.05. The van der Waals surface area contributed by atoms with E-state index in [0.29, 0.717) is 5.75 Å². The van der Waals surface area contributed by atoms with Crippen LogP contribution < -0.4 is 5.43 Å². The predicted octanol–water partition coefficient (Wildman–Crippen LogP) is 4.99. The Bertz CT molecular complexity index is 906. The van der Waals surface area contributed by atoms with Gasteiger partial charge in [0.2, 0.25) is 5.91 Å². The molecule has 0 bridgehead atoms. The minimum atomic E-state index is -0.100. The summed E-state index contributed by atoms with van der Waals surface area (Å²) in [5, 5.41) is 6.36. The van der Waals surface area contributed by atoms with Crippen LogP contribution in [0.25, 0.3) is 10.8 Å². The maximum absolute atomic E-state index is 11.9. The van der Waals surface area contributed by atoms with Crippen molar-refractivity contribution in [3.8, 4) is 0 Å². The van der Waals surface area contributed by atoms with Crippen molar-refractivity contribution in [2.75, 3.05) is 5.75 Å². The van der Waals surface area contributed by atoms with Gasteiger partial charge in [-0.05, 0) is 28.5 Å². The second-order valence-electron chi connectivity index (χ2n) is 5.48. The number of halogens is 1. The SMILES string of the molecule is O=C(CSCc1cccc(Br)c1)N/N=C\c1cccc2ccccc12. The van der Waals surface area contributed by atoms with Crippen molar-refractivity contribution in [2.45, 2.75) is 5.75 Å². The van der Waals surface area contributed by atoms with Crippen molar-refractivity contribution in [3.05, 3.63) is 82.3 Å². The minimum absolute atomic E-state index is 0.100. The van der Waals surface area contributed by atoms with E-state index < -0.39 is 0 Å². The molecule has 3 aromatic rings. The van der Waals surface area contributed by atoms with E-state index in [-0.39, 0.29) is 5.91 Å². The fourth-order valence-electron chi connectivity index (χ4n) is 2.46. The molecule has 3 aromatic carbocycles. The molecule has 0 aliphatic carbocycles. The van der Waals surface area contributed by atoms with E-state index in [0.717, 1.165) is 26.6 Å². The molecule has 5 heteroatoms. The first-order chi connectivity index (χ1) is 12.2. The van der Waals surface area contributed by atoms with Crippen molar-refractivity contribution in [2.24, 2.45) is 5.10 Å². The Morgan fingerprint density at radius 1 is 1.08 bits per heavy atom. The highest BCUT2D eigenvalue weighted by Crippen LogP contribution is 2.17. The number of hydrogen-bond donors (Lipinski definition) is 1. The third kappa shape index (κ3) is 5.18.